The van der Waals surface area contributed by atoms with Gasteiger partial charge in [0.2, 0.25) is 0 Å². The smallest absolute Gasteiger partial charge is 0.329 e. The van der Waals surface area contributed by atoms with Gasteiger partial charge < -0.3 is 10.4 Å². The number of carbonyl (C=O) groups is 1. The Kier molecular flexibility index (Phi) is 4.41. The first-order valence-corrected chi connectivity index (χ1v) is 4.88. The molecule has 0 aliphatic rings. The van der Waals surface area contributed by atoms with Crippen LogP contribution in [0.3, 0.4) is 0 Å². The number of hydrogen-bond donors (Lipinski definition) is 2. The summed E-state index contributed by atoms with van der Waals surface area (Å²) in [5.74, 6) is -0.570. The quantitative estimate of drug-likeness (QED) is 0.722. The molecule has 0 aromatic heterocycles. The summed E-state index contributed by atoms with van der Waals surface area (Å²) in [5, 5.41) is 11.3. The standard InChI is InChI=1S/C12H15NO2/c1-10(9-13-8-7-12(14)15)11-5-3-2-4-6-11/h2-8,10,13H,9H2,1H3,(H,14,15)/b8-7+. The summed E-state index contributed by atoms with van der Waals surface area (Å²) in [6.07, 6.45) is 2.56. The molecule has 1 atom stereocenters. The molecule has 0 saturated heterocycles. The summed E-state index contributed by atoms with van der Waals surface area (Å²) in [5.41, 5.74) is 1.24. The first kappa shape index (κ1) is 11.3. The summed E-state index contributed by atoms with van der Waals surface area (Å²) in [6.45, 7) is 2.82. The van der Waals surface area contributed by atoms with Crippen molar-refractivity contribution in [3.63, 3.8) is 0 Å². The average Bonchev–Trinajstić information content (AvgIpc) is 2.25. The molecule has 0 bridgehead atoms. The SMILES string of the molecule is CC(CN/C=C/C(=O)O)c1ccccc1. The predicted octanol–water partition coefficient (Wildman–Crippen LogP) is 1.98. The second kappa shape index (κ2) is 5.86. The summed E-state index contributed by atoms with van der Waals surface area (Å²) in [4.78, 5) is 10.2. The van der Waals surface area contributed by atoms with Gasteiger partial charge in [-0.15, -0.1) is 0 Å². The monoisotopic (exact) mass is 205 g/mol. The van der Waals surface area contributed by atoms with Crippen LogP contribution >= 0.6 is 0 Å². The van der Waals surface area contributed by atoms with Gasteiger partial charge in [0, 0.05) is 18.8 Å². The maximum atomic E-state index is 10.2. The van der Waals surface area contributed by atoms with E-state index in [0.29, 0.717) is 5.92 Å². The molecular formula is C12H15NO2. The van der Waals surface area contributed by atoms with E-state index in [2.05, 4.69) is 24.4 Å². The fraction of sp³-hybridized carbons (Fsp3) is 0.250. The van der Waals surface area contributed by atoms with Crippen molar-refractivity contribution in [1.82, 2.24) is 5.32 Å². The molecule has 0 aliphatic carbocycles. The molecule has 0 amide bonds. The molecule has 1 rings (SSSR count). The van der Waals surface area contributed by atoms with E-state index in [0.717, 1.165) is 12.6 Å². The van der Waals surface area contributed by atoms with E-state index >= 15 is 0 Å². The molecule has 2 N–H and O–H groups in total. The highest BCUT2D eigenvalue weighted by molar-refractivity contribution is 5.79. The van der Waals surface area contributed by atoms with Crippen molar-refractivity contribution >= 4 is 5.97 Å². The van der Waals surface area contributed by atoms with Crippen LogP contribution in [0.1, 0.15) is 18.4 Å². The fourth-order valence-electron chi connectivity index (χ4n) is 1.27. The Morgan fingerprint density at radius 2 is 2.13 bits per heavy atom. The van der Waals surface area contributed by atoms with Gasteiger partial charge in [-0.2, -0.15) is 0 Å². The van der Waals surface area contributed by atoms with Crippen LogP contribution in [0.15, 0.2) is 42.6 Å². The molecule has 1 unspecified atom stereocenters. The number of carboxylic acid groups (broad SMARTS) is 1. The third-order valence-corrected chi connectivity index (χ3v) is 2.14. The topological polar surface area (TPSA) is 49.3 Å². The van der Waals surface area contributed by atoms with Crippen LogP contribution in [0.4, 0.5) is 0 Å². The van der Waals surface area contributed by atoms with Gasteiger partial charge in [0.1, 0.15) is 0 Å². The van der Waals surface area contributed by atoms with Crippen LogP contribution in [0.5, 0.6) is 0 Å². The van der Waals surface area contributed by atoms with Crippen molar-refractivity contribution in [2.75, 3.05) is 6.54 Å². The Hall–Kier alpha value is -1.77. The van der Waals surface area contributed by atoms with E-state index in [1.54, 1.807) is 0 Å². The summed E-state index contributed by atoms with van der Waals surface area (Å²) >= 11 is 0. The second-order valence-corrected chi connectivity index (χ2v) is 3.39. The van der Waals surface area contributed by atoms with E-state index in [-0.39, 0.29) is 0 Å². The Morgan fingerprint density at radius 3 is 2.73 bits per heavy atom. The van der Waals surface area contributed by atoms with Gasteiger partial charge in [0.25, 0.3) is 0 Å². The maximum absolute atomic E-state index is 10.2. The second-order valence-electron chi connectivity index (χ2n) is 3.39. The van der Waals surface area contributed by atoms with Gasteiger partial charge in [0.15, 0.2) is 0 Å². The first-order valence-electron chi connectivity index (χ1n) is 4.88. The molecule has 0 spiro atoms. The molecule has 1 aromatic carbocycles. The van der Waals surface area contributed by atoms with Gasteiger partial charge >= 0.3 is 5.97 Å². The van der Waals surface area contributed by atoms with E-state index in [9.17, 15) is 4.79 Å². The zero-order valence-electron chi connectivity index (χ0n) is 8.68. The van der Waals surface area contributed by atoms with Crippen molar-refractivity contribution in [3.05, 3.63) is 48.2 Å². The molecule has 80 valence electrons. The molecular weight excluding hydrogens is 190 g/mol. The van der Waals surface area contributed by atoms with Gasteiger partial charge in [-0.25, -0.2) is 4.79 Å². The Bertz CT molecular complexity index is 333. The zero-order valence-corrected chi connectivity index (χ0v) is 8.68. The van der Waals surface area contributed by atoms with Gasteiger partial charge in [0.05, 0.1) is 0 Å². The molecule has 1 aromatic rings. The minimum absolute atomic E-state index is 0.365. The zero-order chi connectivity index (χ0) is 11.1. The van der Waals surface area contributed by atoms with Crippen molar-refractivity contribution < 1.29 is 9.90 Å². The minimum Gasteiger partial charge on any atom is -0.478 e. The summed E-state index contributed by atoms with van der Waals surface area (Å²) < 4.78 is 0. The Balaban J connectivity index is 2.37. The van der Waals surface area contributed by atoms with E-state index in [1.807, 2.05) is 18.2 Å². The largest absolute Gasteiger partial charge is 0.478 e. The van der Waals surface area contributed by atoms with Gasteiger partial charge in [-0.3, -0.25) is 0 Å². The van der Waals surface area contributed by atoms with Crippen LogP contribution in [0.25, 0.3) is 0 Å². The van der Waals surface area contributed by atoms with Crippen LogP contribution < -0.4 is 5.32 Å². The van der Waals surface area contributed by atoms with E-state index in [1.165, 1.54) is 11.8 Å². The van der Waals surface area contributed by atoms with Crippen LogP contribution in [0, 0.1) is 0 Å². The molecule has 0 radical (unpaired) electrons. The summed E-state index contributed by atoms with van der Waals surface area (Å²) in [7, 11) is 0. The van der Waals surface area contributed by atoms with Crippen molar-refractivity contribution in [2.45, 2.75) is 12.8 Å². The van der Waals surface area contributed by atoms with Crippen LogP contribution in [0.2, 0.25) is 0 Å². The van der Waals surface area contributed by atoms with E-state index in [4.69, 9.17) is 5.11 Å². The molecule has 0 fully saturated rings. The van der Waals surface area contributed by atoms with Crippen molar-refractivity contribution in [3.8, 4) is 0 Å². The van der Waals surface area contributed by atoms with Crippen LogP contribution in [-0.2, 0) is 4.79 Å². The number of benzene rings is 1. The number of aliphatic carboxylic acids is 1. The highest BCUT2D eigenvalue weighted by Crippen LogP contribution is 2.12. The molecule has 0 saturated carbocycles. The summed E-state index contributed by atoms with van der Waals surface area (Å²) in [6, 6.07) is 10.1. The molecule has 0 heterocycles. The first-order chi connectivity index (χ1) is 7.20. The lowest BCUT2D eigenvalue weighted by Crippen LogP contribution is -2.14. The van der Waals surface area contributed by atoms with Crippen molar-refractivity contribution in [2.24, 2.45) is 0 Å². The lowest BCUT2D eigenvalue weighted by Gasteiger charge is -2.11. The highest BCUT2D eigenvalue weighted by Gasteiger charge is 2.02. The molecule has 0 aliphatic heterocycles. The molecule has 3 heteroatoms. The Labute approximate surface area is 89.4 Å². The fourth-order valence-corrected chi connectivity index (χ4v) is 1.27. The highest BCUT2D eigenvalue weighted by atomic mass is 16.4. The number of hydrogen-bond acceptors (Lipinski definition) is 2. The van der Waals surface area contributed by atoms with Gasteiger partial charge in [-0.05, 0) is 11.5 Å². The molecule has 15 heavy (non-hydrogen) atoms. The lowest BCUT2D eigenvalue weighted by molar-refractivity contribution is -0.131. The third kappa shape index (κ3) is 4.31. The number of carboxylic acids is 1. The molecule has 3 nitrogen and oxygen atoms in total. The predicted molar refractivity (Wildman–Crippen MR) is 59.6 cm³/mol. The van der Waals surface area contributed by atoms with Gasteiger partial charge in [-0.1, -0.05) is 37.3 Å². The Morgan fingerprint density at radius 1 is 1.47 bits per heavy atom. The lowest BCUT2D eigenvalue weighted by atomic mass is 10.0. The van der Waals surface area contributed by atoms with E-state index < -0.39 is 5.97 Å². The third-order valence-electron chi connectivity index (χ3n) is 2.14. The average molecular weight is 205 g/mol. The minimum atomic E-state index is -0.935. The van der Waals surface area contributed by atoms with Crippen molar-refractivity contribution in [1.29, 1.82) is 0 Å². The number of nitrogens with one attached hydrogen (secondary N) is 1. The maximum Gasteiger partial charge on any atom is 0.329 e. The number of rotatable bonds is 5. The normalized spacial score (nSPS) is 12.6. The van der Waals surface area contributed by atoms with Crippen LogP contribution in [-0.4, -0.2) is 17.6 Å².